The second-order valence-electron chi connectivity index (χ2n) is 5.56. The molecule has 1 heterocycles. The van der Waals surface area contributed by atoms with Crippen LogP contribution >= 0.6 is 0 Å². The summed E-state index contributed by atoms with van der Waals surface area (Å²) in [6.45, 7) is 5.40. The lowest BCUT2D eigenvalue weighted by Crippen LogP contribution is -2.46. The Bertz CT molecular complexity index is 238. The first-order valence-electron chi connectivity index (χ1n) is 7.33. The van der Waals surface area contributed by atoms with Crippen LogP contribution in [0.3, 0.4) is 0 Å². The third kappa shape index (κ3) is 3.05. The van der Waals surface area contributed by atoms with Gasteiger partial charge in [-0.3, -0.25) is 4.90 Å². The normalized spacial score (nSPS) is 37.5. The van der Waals surface area contributed by atoms with Crippen molar-refractivity contribution in [2.75, 3.05) is 33.9 Å². The summed E-state index contributed by atoms with van der Waals surface area (Å²) in [7, 11) is 3.59. The Hall–Kier alpha value is -0.160. The van der Waals surface area contributed by atoms with Gasteiger partial charge in [-0.25, -0.2) is 0 Å². The number of rotatable bonds is 6. The number of hydrogen-bond acceptors (Lipinski definition) is 4. The van der Waals surface area contributed by atoms with Crippen molar-refractivity contribution in [1.82, 2.24) is 10.2 Å². The van der Waals surface area contributed by atoms with Gasteiger partial charge in [0.25, 0.3) is 0 Å². The maximum Gasteiger partial charge on any atom is 0.0971 e. The van der Waals surface area contributed by atoms with Crippen molar-refractivity contribution in [3.05, 3.63) is 0 Å². The fourth-order valence-corrected chi connectivity index (χ4v) is 3.44. The van der Waals surface area contributed by atoms with Gasteiger partial charge in [0.2, 0.25) is 0 Å². The summed E-state index contributed by atoms with van der Waals surface area (Å²) >= 11 is 0. The predicted octanol–water partition coefficient (Wildman–Crippen LogP) is 1.25. The van der Waals surface area contributed by atoms with E-state index in [2.05, 4.69) is 17.1 Å². The van der Waals surface area contributed by atoms with Crippen LogP contribution in [0.25, 0.3) is 0 Å². The van der Waals surface area contributed by atoms with E-state index in [4.69, 9.17) is 9.47 Å². The van der Waals surface area contributed by atoms with Gasteiger partial charge >= 0.3 is 0 Å². The minimum atomic E-state index is 0.238. The molecule has 4 nitrogen and oxygen atoms in total. The number of methoxy groups -OCH3 is 2. The summed E-state index contributed by atoms with van der Waals surface area (Å²) in [6, 6.07) is 1.34. The minimum absolute atomic E-state index is 0.238. The Kier molecular flexibility index (Phi) is 5.42. The first-order chi connectivity index (χ1) is 8.80. The van der Waals surface area contributed by atoms with Crippen LogP contribution in [0.2, 0.25) is 0 Å². The SMILES string of the molecule is CCCNC1CCCC1N1CC(OC)C(OC)C1. The highest BCUT2D eigenvalue weighted by molar-refractivity contribution is 4.96. The van der Waals surface area contributed by atoms with Gasteiger partial charge in [-0.1, -0.05) is 13.3 Å². The maximum atomic E-state index is 5.53. The lowest BCUT2D eigenvalue weighted by atomic mass is 10.1. The molecule has 0 radical (unpaired) electrons. The van der Waals surface area contributed by atoms with Crippen LogP contribution in [0.4, 0.5) is 0 Å². The summed E-state index contributed by atoms with van der Waals surface area (Å²) in [6.07, 6.45) is 5.66. The molecular formula is C14H28N2O2. The van der Waals surface area contributed by atoms with E-state index in [1.807, 2.05) is 0 Å². The molecule has 0 aromatic heterocycles. The first kappa shape index (κ1) is 14.3. The molecule has 2 fully saturated rings. The van der Waals surface area contributed by atoms with Gasteiger partial charge in [0.1, 0.15) is 0 Å². The first-order valence-corrected chi connectivity index (χ1v) is 7.33. The van der Waals surface area contributed by atoms with E-state index in [0.29, 0.717) is 12.1 Å². The molecule has 4 heteroatoms. The molecule has 0 amide bonds. The van der Waals surface area contributed by atoms with E-state index in [1.165, 1.54) is 25.7 Å². The quantitative estimate of drug-likeness (QED) is 0.775. The number of ether oxygens (including phenoxy) is 2. The van der Waals surface area contributed by atoms with Crippen molar-refractivity contribution >= 4 is 0 Å². The summed E-state index contributed by atoms with van der Waals surface area (Å²) in [4.78, 5) is 2.57. The van der Waals surface area contributed by atoms with Crippen LogP contribution in [0.15, 0.2) is 0 Å². The largest absolute Gasteiger partial charge is 0.377 e. The van der Waals surface area contributed by atoms with Crippen molar-refractivity contribution in [3.63, 3.8) is 0 Å². The van der Waals surface area contributed by atoms with Crippen LogP contribution in [-0.2, 0) is 9.47 Å². The average Bonchev–Trinajstić information content (AvgIpc) is 3.01. The fraction of sp³-hybridized carbons (Fsp3) is 1.00. The van der Waals surface area contributed by atoms with E-state index in [1.54, 1.807) is 14.2 Å². The monoisotopic (exact) mass is 256 g/mol. The molecule has 4 unspecified atom stereocenters. The van der Waals surface area contributed by atoms with E-state index >= 15 is 0 Å². The molecule has 1 aliphatic heterocycles. The van der Waals surface area contributed by atoms with Crippen LogP contribution in [0, 0.1) is 0 Å². The van der Waals surface area contributed by atoms with Crippen molar-refractivity contribution in [1.29, 1.82) is 0 Å². The molecule has 4 atom stereocenters. The van der Waals surface area contributed by atoms with E-state index in [9.17, 15) is 0 Å². The highest BCUT2D eigenvalue weighted by Gasteiger charge is 2.40. The van der Waals surface area contributed by atoms with Crippen LogP contribution in [0.5, 0.6) is 0 Å². The summed E-state index contributed by atoms with van der Waals surface area (Å²) < 4.78 is 11.1. The van der Waals surface area contributed by atoms with E-state index in [-0.39, 0.29) is 12.2 Å². The highest BCUT2D eigenvalue weighted by atomic mass is 16.5. The molecule has 1 aliphatic carbocycles. The third-order valence-corrected chi connectivity index (χ3v) is 4.45. The molecule has 18 heavy (non-hydrogen) atoms. The zero-order chi connectivity index (χ0) is 13.0. The Labute approximate surface area is 111 Å². The second kappa shape index (κ2) is 6.85. The van der Waals surface area contributed by atoms with E-state index < -0.39 is 0 Å². The van der Waals surface area contributed by atoms with Crippen molar-refractivity contribution in [2.45, 2.75) is 56.9 Å². The van der Waals surface area contributed by atoms with Crippen molar-refractivity contribution in [2.24, 2.45) is 0 Å². The second-order valence-corrected chi connectivity index (χ2v) is 5.56. The zero-order valence-corrected chi connectivity index (χ0v) is 12.0. The molecule has 106 valence electrons. The molecule has 0 bridgehead atoms. The van der Waals surface area contributed by atoms with Crippen LogP contribution < -0.4 is 5.32 Å². The number of hydrogen-bond donors (Lipinski definition) is 1. The third-order valence-electron chi connectivity index (χ3n) is 4.45. The van der Waals surface area contributed by atoms with E-state index in [0.717, 1.165) is 19.6 Å². The topological polar surface area (TPSA) is 33.7 Å². The molecule has 0 spiro atoms. The minimum Gasteiger partial charge on any atom is -0.377 e. The summed E-state index contributed by atoms with van der Waals surface area (Å²) in [5, 5.41) is 3.70. The van der Waals surface area contributed by atoms with Crippen LogP contribution in [-0.4, -0.2) is 63.0 Å². The predicted molar refractivity (Wildman–Crippen MR) is 72.9 cm³/mol. The Morgan fingerprint density at radius 2 is 1.78 bits per heavy atom. The van der Waals surface area contributed by atoms with Gasteiger partial charge in [0.15, 0.2) is 0 Å². The number of nitrogens with one attached hydrogen (secondary N) is 1. The van der Waals surface area contributed by atoms with Gasteiger partial charge in [-0.05, 0) is 25.8 Å². The molecular weight excluding hydrogens is 228 g/mol. The van der Waals surface area contributed by atoms with Crippen LogP contribution in [0.1, 0.15) is 32.6 Å². The molecule has 2 rings (SSSR count). The molecule has 0 aromatic rings. The standard InChI is InChI=1S/C14H28N2O2/c1-4-8-15-11-6-5-7-12(11)16-9-13(17-2)14(10-16)18-3/h11-15H,4-10H2,1-3H3. The molecule has 1 N–H and O–H groups in total. The average molecular weight is 256 g/mol. The lowest BCUT2D eigenvalue weighted by Gasteiger charge is -2.30. The Balaban J connectivity index is 1.90. The van der Waals surface area contributed by atoms with Gasteiger partial charge in [-0.15, -0.1) is 0 Å². The van der Waals surface area contributed by atoms with Gasteiger partial charge in [0.05, 0.1) is 12.2 Å². The fourth-order valence-electron chi connectivity index (χ4n) is 3.44. The zero-order valence-electron chi connectivity index (χ0n) is 12.0. The smallest absolute Gasteiger partial charge is 0.0971 e. The maximum absolute atomic E-state index is 5.53. The highest BCUT2D eigenvalue weighted by Crippen LogP contribution is 2.28. The lowest BCUT2D eigenvalue weighted by molar-refractivity contribution is -0.00461. The number of nitrogens with zero attached hydrogens (tertiary/aromatic N) is 1. The summed E-state index contributed by atoms with van der Waals surface area (Å²) in [5.74, 6) is 0. The van der Waals surface area contributed by atoms with Gasteiger partial charge in [-0.2, -0.15) is 0 Å². The molecule has 2 aliphatic rings. The van der Waals surface area contributed by atoms with Crippen molar-refractivity contribution < 1.29 is 9.47 Å². The summed E-state index contributed by atoms with van der Waals surface area (Å²) in [5.41, 5.74) is 0. The van der Waals surface area contributed by atoms with Gasteiger partial charge < -0.3 is 14.8 Å². The Morgan fingerprint density at radius 1 is 1.11 bits per heavy atom. The number of likely N-dealkylation sites (tertiary alicyclic amines) is 1. The molecule has 0 aromatic carbocycles. The molecule has 1 saturated heterocycles. The van der Waals surface area contributed by atoms with Gasteiger partial charge in [0, 0.05) is 39.4 Å². The Morgan fingerprint density at radius 3 is 2.33 bits per heavy atom. The van der Waals surface area contributed by atoms with Crippen molar-refractivity contribution in [3.8, 4) is 0 Å². The molecule has 1 saturated carbocycles.